The van der Waals surface area contributed by atoms with Gasteiger partial charge in [0.05, 0.1) is 5.69 Å². The Kier molecular flexibility index (Phi) is 4.96. The number of ketones is 1. The lowest BCUT2D eigenvalue weighted by Crippen LogP contribution is -2.51. The molecule has 2 N–H and O–H groups in total. The number of nitrogens with two attached hydrogens (primary N) is 1. The zero-order valence-electron chi connectivity index (χ0n) is 16.1. The number of carbonyl (C=O) groups excluding carboxylic acids is 2. The summed E-state index contributed by atoms with van der Waals surface area (Å²) in [6, 6.07) is 16.4. The van der Waals surface area contributed by atoms with Gasteiger partial charge in [-0.25, -0.2) is 4.79 Å². The average molecular weight is 366 g/mol. The van der Waals surface area contributed by atoms with Gasteiger partial charge in [0.15, 0.2) is 11.3 Å². The van der Waals surface area contributed by atoms with E-state index in [0.29, 0.717) is 17.8 Å². The molecular formula is C22H26N2O3. The Morgan fingerprint density at radius 1 is 1.15 bits per heavy atom. The molecule has 142 valence electrons. The normalized spacial score (nSPS) is 19.8. The average Bonchev–Trinajstić information content (AvgIpc) is 2.98. The molecule has 3 rings (SSSR count). The minimum atomic E-state index is -1.18. The maximum Gasteiger partial charge on any atom is 0.415 e. The monoisotopic (exact) mass is 366 g/mol. The molecule has 0 radical (unpaired) electrons. The highest BCUT2D eigenvalue weighted by Crippen LogP contribution is 2.41. The molecule has 1 aliphatic rings. The predicted octanol–water partition coefficient (Wildman–Crippen LogP) is 4.52. The Hall–Kier alpha value is -2.82. The van der Waals surface area contributed by atoms with Gasteiger partial charge in [-0.2, -0.15) is 0 Å². The number of rotatable bonds is 5. The van der Waals surface area contributed by atoms with E-state index in [0.717, 1.165) is 12.0 Å². The van der Waals surface area contributed by atoms with E-state index >= 15 is 0 Å². The first-order chi connectivity index (χ1) is 12.7. The van der Waals surface area contributed by atoms with Crippen molar-refractivity contribution in [3.05, 3.63) is 60.2 Å². The molecule has 1 fully saturated rings. The fourth-order valence-electron chi connectivity index (χ4n) is 3.43. The molecule has 0 aliphatic carbocycles. The Bertz CT molecular complexity index is 842. The fraction of sp³-hybridized carbons (Fsp3) is 0.364. The smallest absolute Gasteiger partial charge is 0.415 e. The summed E-state index contributed by atoms with van der Waals surface area (Å²) in [6.45, 7) is 6.29. The van der Waals surface area contributed by atoms with Crippen LogP contribution in [0.15, 0.2) is 54.6 Å². The highest BCUT2D eigenvalue weighted by atomic mass is 16.6. The van der Waals surface area contributed by atoms with Gasteiger partial charge in [0.25, 0.3) is 0 Å². The lowest BCUT2D eigenvalue weighted by molar-refractivity contribution is -0.125. The number of hydrogen-bond donors (Lipinski definition) is 1. The van der Waals surface area contributed by atoms with Gasteiger partial charge in [-0.3, -0.25) is 9.69 Å². The van der Waals surface area contributed by atoms with Crippen molar-refractivity contribution in [1.29, 1.82) is 0 Å². The van der Waals surface area contributed by atoms with Gasteiger partial charge in [0.1, 0.15) is 6.61 Å². The summed E-state index contributed by atoms with van der Waals surface area (Å²) in [4.78, 5) is 27.7. The zero-order valence-corrected chi connectivity index (χ0v) is 16.1. The van der Waals surface area contributed by atoms with Crippen LogP contribution in [0.3, 0.4) is 0 Å². The Morgan fingerprint density at radius 2 is 1.85 bits per heavy atom. The van der Waals surface area contributed by atoms with E-state index in [2.05, 4.69) is 20.8 Å². The van der Waals surface area contributed by atoms with Crippen LogP contribution in [0.4, 0.5) is 16.2 Å². The molecule has 27 heavy (non-hydrogen) atoms. The van der Waals surface area contributed by atoms with Crippen LogP contribution in [0, 0.1) is 5.41 Å². The molecule has 1 heterocycles. The maximum absolute atomic E-state index is 13.5. The second kappa shape index (κ2) is 7.06. The molecule has 1 amide bonds. The van der Waals surface area contributed by atoms with E-state index in [1.807, 2.05) is 30.3 Å². The molecule has 2 aromatic carbocycles. The van der Waals surface area contributed by atoms with E-state index in [-0.39, 0.29) is 17.8 Å². The number of hydrogen-bond acceptors (Lipinski definition) is 4. The van der Waals surface area contributed by atoms with Gasteiger partial charge in [-0.15, -0.1) is 0 Å². The molecular weight excluding hydrogens is 340 g/mol. The summed E-state index contributed by atoms with van der Waals surface area (Å²) >= 11 is 0. The van der Waals surface area contributed by atoms with Crippen LogP contribution in [0.25, 0.3) is 0 Å². The third-order valence-corrected chi connectivity index (χ3v) is 4.91. The summed E-state index contributed by atoms with van der Waals surface area (Å²) in [5.41, 5.74) is 6.59. The number of ether oxygens (including phenoxy) is 1. The number of Topliss-reactive ketones (excluding diaryl/α,β-unsaturated/α-hetero) is 1. The highest BCUT2D eigenvalue weighted by molar-refractivity contribution is 6.05. The van der Waals surface area contributed by atoms with Gasteiger partial charge in [-0.05, 0) is 35.6 Å². The molecule has 1 atom stereocenters. The Morgan fingerprint density at radius 3 is 2.48 bits per heavy atom. The molecule has 5 heteroatoms. The SMILES string of the molecule is CC(C)(C)CCC(=O)C1(c2ccccc2)COC(=O)N1c1cccc(N)c1. The predicted molar refractivity (Wildman–Crippen MR) is 106 cm³/mol. The third-order valence-electron chi connectivity index (χ3n) is 4.91. The molecule has 0 bridgehead atoms. The minimum Gasteiger partial charge on any atom is -0.446 e. The van der Waals surface area contributed by atoms with Crippen LogP contribution in [0.1, 0.15) is 39.2 Å². The number of benzene rings is 2. The summed E-state index contributed by atoms with van der Waals surface area (Å²) in [6.07, 6.45) is 0.543. The summed E-state index contributed by atoms with van der Waals surface area (Å²) in [7, 11) is 0. The lowest BCUT2D eigenvalue weighted by Gasteiger charge is -2.35. The Labute approximate surface area is 160 Å². The van der Waals surface area contributed by atoms with Crippen LogP contribution in [-0.2, 0) is 15.1 Å². The van der Waals surface area contributed by atoms with Gasteiger partial charge < -0.3 is 10.5 Å². The second-order valence-electron chi connectivity index (χ2n) is 8.20. The molecule has 0 saturated carbocycles. The lowest BCUT2D eigenvalue weighted by atomic mass is 9.80. The molecule has 1 saturated heterocycles. The summed E-state index contributed by atoms with van der Waals surface area (Å²) in [5, 5.41) is 0. The third kappa shape index (κ3) is 3.68. The molecule has 5 nitrogen and oxygen atoms in total. The van der Waals surface area contributed by atoms with Crippen molar-refractivity contribution in [1.82, 2.24) is 0 Å². The molecule has 2 aromatic rings. The van der Waals surface area contributed by atoms with E-state index < -0.39 is 11.6 Å². The summed E-state index contributed by atoms with van der Waals surface area (Å²) in [5.74, 6) is -0.0306. The van der Waals surface area contributed by atoms with Crippen LogP contribution >= 0.6 is 0 Å². The topological polar surface area (TPSA) is 72.6 Å². The highest BCUT2D eigenvalue weighted by Gasteiger charge is 2.54. The fourth-order valence-corrected chi connectivity index (χ4v) is 3.43. The standard InChI is InChI=1S/C22H26N2O3/c1-21(2,3)13-12-19(25)22(16-8-5-4-6-9-16)15-27-20(26)24(22)18-11-7-10-17(23)14-18/h4-11,14H,12-13,15,23H2,1-3H3. The van der Waals surface area contributed by atoms with Crippen LogP contribution < -0.4 is 10.6 Å². The number of amides is 1. The first-order valence-electron chi connectivity index (χ1n) is 9.15. The molecule has 0 aromatic heterocycles. The number of nitrogens with zero attached hydrogens (tertiary/aromatic N) is 1. The zero-order chi connectivity index (χ0) is 19.7. The van der Waals surface area contributed by atoms with Crippen molar-refractivity contribution >= 4 is 23.3 Å². The largest absolute Gasteiger partial charge is 0.446 e. The minimum absolute atomic E-state index is 0.00633. The van der Waals surface area contributed by atoms with E-state index in [9.17, 15) is 9.59 Å². The van der Waals surface area contributed by atoms with Crippen molar-refractivity contribution in [2.24, 2.45) is 5.41 Å². The van der Waals surface area contributed by atoms with Gasteiger partial charge in [0.2, 0.25) is 0 Å². The van der Waals surface area contributed by atoms with Crippen molar-refractivity contribution in [3.63, 3.8) is 0 Å². The number of anilines is 2. The van der Waals surface area contributed by atoms with Crippen LogP contribution in [0.2, 0.25) is 0 Å². The van der Waals surface area contributed by atoms with Gasteiger partial charge >= 0.3 is 6.09 Å². The van der Waals surface area contributed by atoms with Gasteiger partial charge in [0, 0.05) is 12.1 Å². The van der Waals surface area contributed by atoms with E-state index in [4.69, 9.17) is 10.5 Å². The summed E-state index contributed by atoms with van der Waals surface area (Å²) < 4.78 is 5.41. The van der Waals surface area contributed by atoms with Crippen molar-refractivity contribution in [2.45, 2.75) is 39.2 Å². The number of cyclic esters (lactones) is 1. The molecule has 1 aliphatic heterocycles. The van der Waals surface area contributed by atoms with E-state index in [1.165, 1.54) is 4.90 Å². The van der Waals surface area contributed by atoms with Gasteiger partial charge in [-0.1, -0.05) is 57.2 Å². The first kappa shape index (κ1) is 19.0. The second-order valence-corrected chi connectivity index (χ2v) is 8.20. The van der Waals surface area contributed by atoms with E-state index in [1.54, 1.807) is 24.3 Å². The number of nitrogen functional groups attached to an aromatic ring is 1. The van der Waals surface area contributed by atoms with Crippen molar-refractivity contribution < 1.29 is 14.3 Å². The quantitative estimate of drug-likeness (QED) is 0.790. The van der Waals surface area contributed by atoms with Crippen LogP contribution in [-0.4, -0.2) is 18.5 Å². The molecule has 1 unspecified atom stereocenters. The first-order valence-corrected chi connectivity index (χ1v) is 9.15. The molecule has 0 spiro atoms. The number of carbonyl (C=O) groups is 2. The van der Waals surface area contributed by atoms with Crippen molar-refractivity contribution in [3.8, 4) is 0 Å². The van der Waals surface area contributed by atoms with Crippen molar-refractivity contribution in [2.75, 3.05) is 17.2 Å². The van der Waals surface area contributed by atoms with Crippen LogP contribution in [0.5, 0.6) is 0 Å². The Balaban J connectivity index is 2.11. The maximum atomic E-state index is 13.5.